The first-order chi connectivity index (χ1) is 4.45. The summed E-state index contributed by atoms with van der Waals surface area (Å²) in [5.41, 5.74) is 0. The minimum absolute atomic E-state index is 0.907. The summed E-state index contributed by atoms with van der Waals surface area (Å²) in [7, 11) is 0. The zero-order chi connectivity index (χ0) is 6.10. The van der Waals surface area contributed by atoms with Gasteiger partial charge in [0.05, 0.1) is 0 Å². The summed E-state index contributed by atoms with van der Waals surface area (Å²) in [5, 5.41) is 0. The highest BCUT2D eigenvalue weighted by atomic mass is 14.3. The largest absolute Gasteiger partial charge is 0.0814 e. The van der Waals surface area contributed by atoms with Gasteiger partial charge in [-0.05, 0) is 31.1 Å². The Hall–Kier alpha value is -0.520. The van der Waals surface area contributed by atoms with E-state index in [0.717, 1.165) is 11.8 Å². The molecule has 0 heterocycles. The summed E-state index contributed by atoms with van der Waals surface area (Å²) in [4.78, 5) is 0. The zero-order valence-electron chi connectivity index (χ0n) is 5.59. The van der Waals surface area contributed by atoms with E-state index < -0.39 is 0 Å². The van der Waals surface area contributed by atoms with Gasteiger partial charge in [-0.15, -0.1) is 0 Å². The van der Waals surface area contributed by atoms with Crippen molar-refractivity contribution in [3.8, 4) is 0 Å². The van der Waals surface area contributed by atoms with E-state index in [-0.39, 0.29) is 0 Å². The minimum Gasteiger partial charge on any atom is -0.0814 e. The van der Waals surface area contributed by atoms with Crippen molar-refractivity contribution in [2.45, 2.75) is 19.3 Å². The fourth-order valence-corrected chi connectivity index (χ4v) is 1.84. The van der Waals surface area contributed by atoms with Crippen LogP contribution in [0.1, 0.15) is 19.3 Å². The van der Waals surface area contributed by atoms with Crippen molar-refractivity contribution in [2.75, 3.05) is 0 Å². The van der Waals surface area contributed by atoms with Crippen LogP contribution in [0.4, 0.5) is 0 Å². The highest BCUT2D eigenvalue weighted by molar-refractivity contribution is 5.12. The van der Waals surface area contributed by atoms with Crippen molar-refractivity contribution in [3.63, 3.8) is 0 Å². The SMILES string of the molecule is C1=CC2CCC(C=C1)C2. The third kappa shape index (κ3) is 0.937. The molecule has 48 valence electrons. The van der Waals surface area contributed by atoms with Gasteiger partial charge >= 0.3 is 0 Å². The van der Waals surface area contributed by atoms with Crippen LogP contribution in [0.5, 0.6) is 0 Å². The summed E-state index contributed by atoms with van der Waals surface area (Å²) in [6.45, 7) is 0. The van der Waals surface area contributed by atoms with Crippen LogP contribution < -0.4 is 0 Å². The highest BCUT2D eigenvalue weighted by Crippen LogP contribution is 2.33. The monoisotopic (exact) mass is 120 g/mol. The first kappa shape index (κ1) is 5.28. The van der Waals surface area contributed by atoms with Gasteiger partial charge in [0, 0.05) is 0 Å². The molecule has 0 radical (unpaired) electrons. The first-order valence-corrected chi connectivity index (χ1v) is 3.80. The Morgan fingerprint density at radius 1 is 0.889 bits per heavy atom. The third-order valence-corrected chi connectivity index (χ3v) is 2.39. The smallest absolute Gasteiger partial charge is 0.0225 e. The Morgan fingerprint density at radius 3 is 2.00 bits per heavy atom. The van der Waals surface area contributed by atoms with Crippen molar-refractivity contribution >= 4 is 0 Å². The van der Waals surface area contributed by atoms with Gasteiger partial charge < -0.3 is 0 Å². The molecule has 0 N–H and O–H groups in total. The first-order valence-electron chi connectivity index (χ1n) is 3.80. The second kappa shape index (κ2) is 2.02. The molecule has 9 heavy (non-hydrogen) atoms. The van der Waals surface area contributed by atoms with Crippen LogP contribution in [-0.4, -0.2) is 0 Å². The lowest BCUT2D eigenvalue weighted by molar-refractivity contribution is 0.644. The maximum absolute atomic E-state index is 2.35. The van der Waals surface area contributed by atoms with E-state index in [2.05, 4.69) is 24.3 Å². The molecule has 2 aliphatic rings. The molecule has 0 aliphatic heterocycles. The van der Waals surface area contributed by atoms with Gasteiger partial charge in [-0.25, -0.2) is 0 Å². The highest BCUT2D eigenvalue weighted by Gasteiger charge is 2.21. The topological polar surface area (TPSA) is 0 Å². The second-order valence-electron chi connectivity index (χ2n) is 3.10. The van der Waals surface area contributed by atoms with Gasteiger partial charge in [0.25, 0.3) is 0 Å². The van der Waals surface area contributed by atoms with Gasteiger partial charge in [-0.1, -0.05) is 24.3 Å². The van der Waals surface area contributed by atoms with Gasteiger partial charge in [-0.3, -0.25) is 0 Å². The lowest BCUT2D eigenvalue weighted by Gasteiger charge is -1.98. The average molecular weight is 120 g/mol. The molecule has 2 unspecified atom stereocenters. The molecule has 0 spiro atoms. The quantitative estimate of drug-likeness (QED) is 0.461. The van der Waals surface area contributed by atoms with Crippen LogP contribution in [-0.2, 0) is 0 Å². The van der Waals surface area contributed by atoms with Gasteiger partial charge in [0.1, 0.15) is 0 Å². The van der Waals surface area contributed by atoms with Gasteiger partial charge in [0.15, 0.2) is 0 Å². The molecule has 1 saturated carbocycles. The molecule has 0 aromatic heterocycles. The fraction of sp³-hybridized carbons (Fsp3) is 0.556. The maximum Gasteiger partial charge on any atom is -0.0225 e. The normalized spacial score (nSPS) is 39.1. The van der Waals surface area contributed by atoms with Crippen LogP contribution >= 0.6 is 0 Å². The van der Waals surface area contributed by atoms with Crippen LogP contribution in [0, 0.1) is 11.8 Å². The Morgan fingerprint density at radius 2 is 1.44 bits per heavy atom. The van der Waals surface area contributed by atoms with Crippen LogP contribution in [0.2, 0.25) is 0 Å². The van der Waals surface area contributed by atoms with E-state index in [1.807, 2.05) is 0 Å². The predicted octanol–water partition coefficient (Wildman–Crippen LogP) is 2.53. The Balaban J connectivity index is 2.20. The molecule has 2 rings (SSSR count). The molecule has 2 bridgehead atoms. The summed E-state index contributed by atoms with van der Waals surface area (Å²) in [6, 6.07) is 0. The van der Waals surface area contributed by atoms with E-state index in [9.17, 15) is 0 Å². The van der Waals surface area contributed by atoms with Crippen LogP contribution in [0.15, 0.2) is 24.3 Å². The van der Waals surface area contributed by atoms with Gasteiger partial charge in [-0.2, -0.15) is 0 Å². The number of fused-ring (bicyclic) bond motifs is 2. The summed E-state index contributed by atoms with van der Waals surface area (Å²) in [5.74, 6) is 1.81. The van der Waals surface area contributed by atoms with E-state index in [0.29, 0.717) is 0 Å². The number of allylic oxidation sites excluding steroid dienone is 4. The molecule has 0 heteroatoms. The predicted molar refractivity (Wildman–Crippen MR) is 39.1 cm³/mol. The Labute approximate surface area is 56.3 Å². The van der Waals surface area contributed by atoms with E-state index in [1.165, 1.54) is 19.3 Å². The maximum atomic E-state index is 2.35. The molecular formula is C9H12. The zero-order valence-corrected chi connectivity index (χ0v) is 5.59. The van der Waals surface area contributed by atoms with E-state index in [1.54, 1.807) is 0 Å². The Bertz CT molecular complexity index is 135. The lowest BCUT2D eigenvalue weighted by atomic mass is 10.1. The molecule has 2 aliphatic carbocycles. The minimum atomic E-state index is 0.907. The molecule has 0 amide bonds. The fourth-order valence-electron chi connectivity index (χ4n) is 1.84. The molecule has 1 fully saturated rings. The number of hydrogen-bond acceptors (Lipinski definition) is 0. The number of rotatable bonds is 0. The Kier molecular flexibility index (Phi) is 1.18. The molecular weight excluding hydrogens is 108 g/mol. The summed E-state index contributed by atoms with van der Waals surface area (Å²) < 4.78 is 0. The summed E-state index contributed by atoms with van der Waals surface area (Å²) in [6.07, 6.45) is 13.4. The molecule has 0 aromatic carbocycles. The van der Waals surface area contributed by atoms with Crippen molar-refractivity contribution < 1.29 is 0 Å². The van der Waals surface area contributed by atoms with E-state index in [4.69, 9.17) is 0 Å². The lowest BCUT2D eigenvalue weighted by Crippen LogP contribution is -1.87. The standard InChI is InChI=1S/C9H12/c1-2-4-9-6-5-8(3-1)7-9/h1-4,8-9H,5-7H2. The molecule has 0 aromatic rings. The van der Waals surface area contributed by atoms with Crippen molar-refractivity contribution in [1.29, 1.82) is 0 Å². The van der Waals surface area contributed by atoms with E-state index >= 15 is 0 Å². The van der Waals surface area contributed by atoms with Crippen molar-refractivity contribution in [2.24, 2.45) is 11.8 Å². The molecule has 0 saturated heterocycles. The third-order valence-electron chi connectivity index (χ3n) is 2.39. The van der Waals surface area contributed by atoms with Crippen LogP contribution in [0.25, 0.3) is 0 Å². The summed E-state index contributed by atoms with van der Waals surface area (Å²) >= 11 is 0. The van der Waals surface area contributed by atoms with Gasteiger partial charge in [0.2, 0.25) is 0 Å². The van der Waals surface area contributed by atoms with Crippen molar-refractivity contribution in [3.05, 3.63) is 24.3 Å². The molecule has 2 atom stereocenters. The van der Waals surface area contributed by atoms with Crippen molar-refractivity contribution in [1.82, 2.24) is 0 Å². The van der Waals surface area contributed by atoms with Crippen LogP contribution in [0.3, 0.4) is 0 Å². The average Bonchev–Trinajstić information content (AvgIpc) is 2.09. The second-order valence-corrected chi connectivity index (χ2v) is 3.10. The molecule has 0 nitrogen and oxygen atoms in total. The number of hydrogen-bond donors (Lipinski definition) is 0.